The molecule has 0 fully saturated rings. The first-order valence-corrected chi connectivity index (χ1v) is 4.52. The molecule has 0 amide bonds. The van der Waals surface area contributed by atoms with Crippen molar-refractivity contribution in [3.63, 3.8) is 0 Å². The second-order valence-electron chi connectivity index (χ2n) is 3.07. The van der Waals surface area contributed by atoms with Crippen LogP contribution in [0.15, 0.2) is 36.7 Å². The van der Waals surface area contributed by atoms with Gasteiger partial charge in [0.15, 0.2) is 5.82 Å². The molecule has 0 aliphatic carbocycles. The second-order valence-corrected chi connectivity index (χ2v) is 3.07. The van der Waals surface area contributed by atoms with E-state index in [9.17, 15) is 9.18 Å². The van der Waals surface area contributed by atoms with Gasteiger partial charge < -0.3 is 5.11 Å². The zero-order valence-electron chi connectivity index (χ0n) is 8.12. The zero-order chi connectivity index (χ0) is 11.5. The van der Waals surface area contributed by atoms with Crippen LogP contribution in [0.2, 0.25) is 0 Å². The monoisotopic (exact) mass is 221 g/mol. The highest BCUT2D eigenvalue weighted by atomic mass is 19.1. The Morgan fingerprint density at radius 2 is 2.06 bits per heavy atom. The number of carbonyl (C=O) groups is 1. The average molecular weight is 221 g/mol. The smallest absolute Gasteiger partial charge is 0.346 e. The summed E-state index contributed by atoms with van der Waals surface area (Å²) < 4.78 is 14.5. The molecule has 16 heavy (non-hydrogen) atoms. The summed E-state index contributed by atoms with van der Waals surface area (Å²) in [6.07, 6.45) is -1.06. The van der Waals surface area contributed by atoms with Crippen molar-refractivity contribution in [1.82, 2.24) is 14.8 Å². The van der Waals surface area contributed by atoms with Crippen molar-refractivity contribution in [3.8, 4) is 5.69 Å². The van der Waals surface area contributed by atoms with Crippen molar-refractivity contribution >= 4 is 5.97 Å². The molecule has 82 valence electrons. The van der Waals surface area contributed by atoms with Crippen LogP contribution in [0, 0.1) is 0 Å². The predicted octanol–water partition coefficient (Wildman–Crippen LogP) is 1.36. The van der Waals surface area contributed by atoms with Crippen molar-refractivity contribution in [3.05, 3.63) is 42.5 Å². The molecule has 6 heteroatoms. The molecule has 1 aromatic carbocycles. The molecule has 5 nitrogen and oxygen atoms in total. The number of hydrogen-bond donors (Lipinski definition) is 1. The van der Waals surface area contributed by atoms with Gasteiger partial charge in [-0.05, 0) is 12.1 Å². The van der Waals surface area contributed by atoms with Crippen LogP contribution in [0.4, 0.5) is 4.39 Å². The number of alkyl halides is 1. The molecular weight excluding hydrogens is 213 g/mol. The van der Waals surface area contributed by atoms with Crippen molar-refractivity contribution in [2.24, 2.45) is 0 Å². The quantitative estimate of drug-likeness (QED) is 0.849. The zero-order valence-corrected chi connectivity index (χ0v) is 8.12. The van der Waals surface area contributed by atoms with Gasteiger partial charge in [0.2, 0.25) is 0 Å². The van der Waals surface area contributed by atoms with Gasteiger partial charge in [0.05, 0.1) is 5.69 Å². The SMILES string of the molecule is O=C(O)C(F)c1ncnn1-c1ccccc1. The third kappa shape index (κ3) is 1.77. The van der Waals surface area contributed by atoms with Gasteiger partial charge in [0, 0.05) is 0 Å². The van der Waals surface area contributed by atoms with Crippen molar-refractivity contribution in [2.45, 2.75) is 6.17 Å². The lowest BCUT2D eigenvalue weighted by molar-refractivity contribution is -0.143. The van der Waals surface area contributed by atoms with Gasteiger partial charge >= 0.3 is 5.97 Å². The second kappa shape index (κ2) is 4.09. The summed E-state index contributed by atoms with van der Waals surface area (Å²) in [5.41, 5.74) is 0.568. The fourth-order valence-corrected chi connectivity index (χ4v) is 1.30. The van der Waals surface area contributed by atoms with Crippen molar-refractivity contribution < 1.29 is 14.3 Å². The fraction of sp³-hybridized carbons (Fsp3) is 0.100. The number of carboxylic acid groups (broad SMARTS) is 1. The molecule has 0 radical (unpaired) electrons. The Morgan fingerprint density at radius 3 is 2.69 bits per heavy atom. The van der Waals surface area contributed by atoms with Crippen LogP contribution in [-0.2, 0) is 4.79 Å². The highest BCUT2D eigenvalue weighted by Gasteiger charge is 2.24. The number of nitrogens with zero attached hydrogens (tertiary/aromatic N) is 3. The molecule has 2 aromatic rings. The molecule has 0 spiro atoms. The predicted molar refractivity (Wildman–Crippen MR) is 52.8 cm³/mol. The number of carboxylic acids is 1. The topological polar surface area (TPSA) is 68.0 Å². The van der Waals surface area contributed by atoms with E-state index in [0.29, 0.717) is 5.69 Å². The molecule has 1 aromatic heterocycles. The van der Waals surface area contributed by atoms with Crippen molar-refractivity contribution in [2.75, 3.05) is 0 Å². The van der Waals surface area contributed by atoms with Crippen LogP contribution in [0.25, 0.3) is 5.69 Å². The van der Waals surface area contributed by atoms with E-state index < -0.39 is 12.1 Å². The van der Waals surface area contributed by atoms with Gasteiger partial charge in [-0.3, -0.25) is 0 Å². The van der Waals surface area contributed by atoms with E-state index in [1.165, 1.54) is 4.68 Å². The third-order valence-electron chi connectivity index (χ3n) is 2.02. The highest BCUT2D eigenvalue weighted by Crippen LogP contribution is 2.17. The number of aliphatic carboxylic acids is 1. The van der Waals surface area contributed by atoms with Gasteiger partial charge in [0.25, 0.3) is 6.17 Å². The normalized spacial score (nSPS) is 12.3. The van der Waals surface area contributed by atoms with E-state index in [1.807, 2.05) is 0 Å². The van der Waals surface area contributed by atoms with Crippen LogP contribution >= 0.6 is 0 Å². The summed E-state index contributed by atoms with van der Waals surface area (Å²) in [6, 6.07) is 8.66. The standard InChI is InChI=1S/C10H8FN3O2/c11-8(10(15)16)9-12-6-13-14(9)7-4-2-1-3-5-7/h1-6,8H,(H,15,16). The van der Waals surface area contributed by atoms with Crippen LogP contribution < -0.4 is 0 Å². The highest BCUT2D eigenvalue weighted by molar-refractivity contribution is 5.73. The average Bonchev–Trinajstić information content (AvgIpc) is 2.77. The molecule has 1 N–H and O–H groups in total. The maximum Gasteiger partial charge on any atom is 0.346 e. The van der Waals surface area contributed by atoms with E-state index in [-0.39, 0.29) is 5.82 Å². The molecule has 0 aliphatic rings. The minimum absolute atomic E-state index is 0.237. The summed E-state index contributed by atoms with van der Waals surface area (Å²) in [7, 11) is 0. The molecule has 1 heterocycles. The fourth-order valence-electron chi connectivity index (χ4n) is 1.30. The Hall–Kier alpha value is -2.24. The molecule has 2 rings (SSSR count). The lowest BCUT2D eigenvalue weighted by atomic mass is 10.3. The lowest BCUT2D eigenvalue weighted by Gasteiger charge is -2.06. The van der Waals surface area contributed by atoms with E-state index in [1.54, 1.807) is 30.3 Å². The van der Waals surface area contributed by atoms with E-state index >= 15 is 0 Å². The van der Waals surface area contributed by atoms with Gasteiger partial charge in [0.1, 0.15) is 6.33 Å². The summed E-state index contributed by atoms with van der Waals surface area (Å²) in [6.45, 7) is 0. The number of aromatic nitrogens is 3. The first-order chi connectivity index (χ1) is 7.70. The number of rotatable bonds is 3. The Balaban J connectivity index is 2.44. The number of hydrogen-bond acceptors (Lipinski definition) is 3. The van der Waals surface area contributed by atoms with Crippen LogP contribution in [-0.4, -0.2) is 25.8 Å². The van der Waals surface area contributed by atoms with Gasteiger partial charge in [-0.25, -0.2) is 18.9 Å². The molecule has 1 atom stereocenters. The van der Waals surface area contributed by atoms with E-state index in [0.717, 1.165) is 6.33 Å². The molecule has 0 bridgehead atoms. The number of para-hydroxylation sites is 1. The molecular formula is C10H8FN3O2. The summed E-state index contributed by atoms with van der Waals surface area (Å²) in [5.74, 6) is -1.82. The number of halogens is 1. The van der Waals surface area contributed by atoms with Crippen LogP contribution in [0.1, 0.15) is 12.0 Å². The number of benzene rings is 1. The Morgan fingerprint density at radius 1 is 1.38 bits per heavy atom. The maximum atomic E-state index is 13.3. The largest absolute Gasteiger partial charge is 0.479 e. The van der Waals surface area contributed by atoms with Crippen molar-refractivity contribution in [1.29, 1.82) is 0 Å². The minimum atomic E-state index is -2.18. The Labute approximate surface area is 90.2 Å². The van der Waals surface area contributed by atoms with Gasteiger partial charge in [-0.1, -0.05) is 18.2 Å². The Kier molecular flexibility index (Phi) is 2.63. The Bertz CT molecular complexity index is 498. The summed E-state index contributed by atoms with van der Waals surface area (Å²) in [5, 5.41) is 12.4. The van der Waals surface area contributed by atoms with Crippen LogP contribution in [0.5, 0.6) is 0 Å². The molecule has 0 saturated carbocycles. The first kappa shape index (κ1) is 10.3. The summed E-state index contributed by atoms with van der Waals surface area (Å²) in [4.78, 5) is 14.1. The molecule has 0 aliphatic heterocycles. The lowest BCUT2D eigenvalue weighted by Crippen LogP contribution is -2.13. The van der Waals surface area contributed by atoms with E-state index in [4.69, 9.17) is 5.11 Å². The molecule has 0 saturated heterocycles. The third-order valence-corrected chi connectivity index (χ3v) is 2.02. The van der Waals surface area contributed by atoms with Crippen LogP contribution in [0.3, 0.4) is 0 Å². The van der Waals surface area contributed by atoms with E-state index in [2.05, 4.69) is 10.1 Å². The minimum Gasteiger partial charge on any atom is -0.479 e. The summed E-state index contributed by atoms with van der Waals surface area (Å²) >= 11 is 0. The first-order valence-electron chi connectivity index (χ1n) is 4.52. The van der Waals surface area contributed by atoms with Gasteiger partial charge in [-0.2, -0.15) is 5.10 Å². The van der Waals surface area contributed by atoms with Gasteiger partial charge in [-0.15, -0.1) is 0 Å². The molecule has 1 unspecified atom stereocenters. The maximum absolute atomic E-state index is 13.3.